The summed E-state index contributed by atoms with van der Waals surface area (Å²) >= 11 is 6.20. The van der Waals surface area contributed by atoms with Crippen LogP contribution in [0.25, 0.3) is 33.8 Å². The number of rotatable bonds is 8. The number of ether oxygens (including phenoxy) is 1. The first-order valence-electron chi connectivity index (χ1n) is 13.3. The Morgan fingerprint density at radius 1 is 0.975 bits per heavy atom. The molecule has 11 heteroatoms. The van der Waals surface area contributed by atoms with Gasteiger partial charge in [0.1, 0.15) is 23.0 Å². The second-order valence-electron chi connectivity index (χ2n) is 10.1. The molecule has 0 radical (unpaired) electrons. The second kappa shape index (κ2) is 11.3. The highest BCUT2D eigenvalue weighted by molar-refractivity contribution is 6.35. The molecule has 0 unspecified atom stereocenters. The van der Waals surface area contributed by atoms with Gasteiger partial charge >= 0.3 is 0 Å². The van der Waals surface area contributed by atoms with Crippen molar-refractivity contribution in [3.63, 3.8) is 0 Å². The van der Waals surface area contributed by atoms with Crippen molar-refractivity contribution < 1.29 is 17.9 Å². The number of hydrogen-bond acceptors (Lipinski definition) is 5. The molecule has 0 atom stereocenters. The van der Waals surface area contributed by atoms with Crippen LogP contribution in [0.1, 0.15) is 44.1 Å². The first kappa shape index (κ1) is 26.3. The van der Waals surface area contributed by atoms with Crippen molar-refractivity contribution in [1.29, 1.82) is 0 Å². The molecule has 7 nitrogen and oxygen atoms in total. The van der Waals surface area contributed by atoms with E-state index in [4.69, 9.17) is 16.3 Å². The normalized spacial score (nSPS) is 14.2. The number of tetrazole rings is 1. The lowest BCUT2D eigenvalue weighted by atomic mass is 9.87. The fraction of sp³-hybridized carbons (Fsp3) is 0.310. The smallest absolute Gasteiger partial charge is 0.183 e. The Bertz CT molecular complexity index is 1640. The van der Waals surface area contributed by atoms with Gasteiger partial charge in [-0.2, -0.15) is 0 Å². The van der Waals surface area contributed by atoms with Crippen molar-refractivity contribution in [1.82, 2.24) is 30.2 Å². The van der Waals surface area contributed by atoms with Crippen molar-refractivity contribution >= 4 is 22.6 Å². The predicted octanol–water partition coefficient (Wildman–Crippen LogP) is 7.50. The van der Waals surface area contributed by atoms with Crippen LogP contribution in [-0.2, 0) is 13.2 Å². The van der Waals surface area contributed by atoms with E-state index in [2.05, 4.69) is 25.6 Å². The summed E-state index contributed by atoms with van der Waals surface area (Å²) in [5.74, 6) is -2.10. The quantitative estimate of drug-likeness (QED) is 0.197. The van der Waals surface area contributed by atoms with Crippen LogP contribution in [0, 0.1) is 23.4 Å². The summed E-state index contributed by atoms with van der Waals surface area (Å²) in [6.45, 7) is 0.543. The van der Waals surface area contributed by atoms with Crippen LogP contribution in [0.4, 0.5) is 13.2 Å². The molecule has 1 saturated carbocycles. The molecule has 0 aliphatic heterocycles. The van der Waals surface area contributed by atoms with Gasteiger partial charge in [0, 0.05) is 12.6 Å². The van der Waals surface area contributed by atoms with E-state index < -0.39 is 22.5 Å². The zero-order valence-electron chi connectivity index (χ0n) is 21.5. The number of fused-ring (bicyclic) bond motifs is 1. The number of aryl methyl sites for hydroxylation is 1. The number of aromatic nitrogens is 6. The maximum Gasteiger partial charge on any atom is 0.183 e. The number of H-pyrrole nitrogens is 1. The Morgan fingerprint density at radius 2 is 1.75 bits per heavy atom. The van der Waals surface area contributed by atoms with Crippen molar-refractivity contribution in [3.8, 4) is 28.5 Å². The zero-order chi connectivity index (χ0) is 27.6. The van der Waals surface area contributed by atoms with Crippen LogP contribution in [0.2, 0.25) is 5.02 Å². The van der Waals surface area contributed by atoms with Crippen molar-refractivity contribution in [2.75, 3.05) is 0 Å². The van der Waals surface area contributed by atoms with Crippen LogP contribution in [-0.4, -0.2) is 30.2 Å². The van der Waals surface area contributed by atoms with E-state index in [1.54, 1.807) is 16.7 Å². The van der Waals surface area contributed by atoms with Crippen molar-refractivity contribution in [2.24, 2.45) is 5.92 Å². The van der Waals surface area contributed by atoms with E-state index >= 15 is 4.39 Å². The highest BCUT2D eigenvalue weighted by Gasteiger charge is 2.26. The maximum absolute atomic E-state index is 16.4. The van der Waals surface area contributed by atoms with E-state index in [0.717, 1.165) is 30.9 Å². The Kier molecular flexibility index (Phi) is 7.42. The van der Waals surface area contributed by atoms with Gasteiger partial charge in [0.05, 0.1) is 16.6 Å². The van der Waals surface area contributed by atoms with Crippen LogP contribution < -0.4 is 4.74 Å². The van der Waals surface area contributed by atoms with E-state index in [1.807, 2.05) is 30.3 Å². The highest BCUT2D eigenvalue weighted by atomic mass is 35.5. The SMILES string of the molecule is Fc1cc2c(nc(-c3ccc(-c4nnn[nH]4)c(OCc4ccccc4)c3F)n2CCC2CCCCC2)c(Cl)c1F. The average molecular weight is 567 g/mol. The topological polar surface area (TPSA) is 81.5 Å². The van der Waals surface area contributed by atoms with Gasteiger partial charge in [-0.3, -0.25) is 0 Å². The molecular formula is C29H26ClF3N6O. The lowest BCUT2D eigenvalue weighted by molar-refractivity contribution is 0.292. The lowest BCUT2D eigenvalue weighted by Gasteiger charge is -2.22. The summed E-state index contributed by atoms with van der Waals surface area (Å²) < 4.78 is 53.1. The average Bonchev–Trinajstić information content (AvgIpc) is 3.64. The van der Waals surface area contributed by atoms with E-state index in [0.29, 0.717) is 23.5 Å². The van der Waals surface area contributed by atoms with E-state index in [1.165, 1.54) is 19.3 Å². The summed E-state index contributed by atoms with van der Waals surface area (Å²) in [5, 5.41) is 13.4. The van der Waals surface area contributed by atoms with Gasteiger partial charge in [-0.1, -0.05) is 74.0 Å². The number of nitrogens with one attached hydrogen (secondary N) is 1. The third-order valence-electron chi connectivity index (χ3n) is 7.53. The molecule has 0 saturated heterocycles. The standard InChI is InChI=1S/C29H26ClF3N6O/c30-23-25(33)21(31)15-22-26(23)34-29(39(22)14-13-17-7-3-1-4-8-17)19-11-12-20(28-35-37-38-36-28)27(24(19)32)40-16-18-9-5-2-6-10-18/h2,5-6,9-12,15,17H,1,3-4,7-8,13-14,16H2,(H,35,36,37,38). The second-order valence-corrected chi connectivity index (χ2v) is 10.4. The number of hydrogen-bond donors (Lipinski definition) is 1. The Hall–Kier alpha value is -3.92. The monoisotopic (exact) mass is 566 g/mol. The number of imidazole rings is 1. The molecule has 206 valence electrons. The van der Waals surface area contributed by atoms with Crippen LogP contribution in [0.5, 0.6) is 5.75 Å². The van der Waals surface area contributed by atoms with Crippen LogP contribution in [0.3, 0.4) is 0 Å². The molecule has 5 aromatic rings. The van der Waals surface area contributed by atoms with Gasteiger partial charge in [-0.25, -0.2) is 23.3 Å². The molecule has 0 bridgehead atoms. The number of nitrogens with zero attached hydrogens (tertiary/aromatic N) is 5. The number of aromatic amines is 1. The molecular weight excluding hydrogens is 541 g/mol. The van der Waals surface area contributed by atoms with Crippen LogP contribution >= 0.6 is 11.6 Å². The van der Waals surface area contributed by atoms with Gasteiger partial charge in [0.15, 0.2) is 29.0 Å². The number of benzene rings is 3. The van der Waals surface area contributed by atoms with Gasteiger partial charge in [-0.15, -0.1) is 5.10 Å². The summed E-state index contributed by atoms with van der Waals surface area (Å²) in [5.41, 5.74) is 1.66. The molecule has 2 heterocycles. The lowest BCUT2D eigenvalue weighted by Crippen LogP contribution is -2.11. The molecule has 1 aliphatic carbocycles. The molecule has 3 aromatic carbocycles. The van der Waals surface area contributed by atoms with Gasteiger partial charge in [-0.05, 0) is 40.5 Å². The zero-order valence-corrected chi connectivity index (χ0v) is 22.3. The molecule has 1 aliphatic rings. The minimum atomic E-state index is -1.18. The Morgan fingerprint density at radius 3 is 2.50 bits per heavy atom. The number of halogens is 4. The van der Waals surface area contributed by atoms with Crippen molar-refractivity contribution in [2.45, 2.75) is 51.7 Å². The summed E-state index contributed by atoms with van der Waals surface area (Å²) in [6, 6.07) is 13.6. The molecule has 0 spiro atoms. The summed E-state index contributed by atoms with van der Waals surface area (Å²) in [7, 11) is 0. The molecule has 6 rings (SSSR count). The minimum absolute atomic E-state index is 0.0748. The predicted molar refractivity (Wildman–Crippen MR) is 145 cm³/mol. The molecule has 0 amide bonds. The maximum atomic E-state index is 16.4. The highest BCUT2D eigenvalue weighted by Crippen LogP contribution is 2.40. The Labute approximate surface area is 233 Å². The Balaban J connectivity index is 1.47. The summed E-state index contributed by atoms with van der Waals surface area (Å²) in [6.07, 6.45) is 6.58. The summed E-state index contributed by atoms with van der Waals surface area (Å²) in [4.78, 5) is 4.54. The van der Waals surface area contributed by atoms with Gasteiger partial charge in [0.25, 0.3) is 0 Å². The molecule has 1 N–H and O–H groups in total. The first-order chi connectivity index (χ1) is 19.5. The van der Waals surface area contributed by atoms with E-state index in [9.17, 15) is 8.78 Å². The molecule has 40 heavy (non-hydrogen) atoms. The third-order valence-corrected chi connectivity index (χ3v) is 7.88. The largest absolute Gasteiger partial charge is 0.485 e. The van der Waals surface area contributed by atoms with Crippen molar-refractivity contribution in [3.05, 3.63) is 76.6 Å². The van der Waals surface area contributed by atoms with Crippen LogP contribution in [0.15, 0.2) is 48.5 Å². The molecule has 2 aromatic heterocycles. The molecule has 1 fully saturated rings. The fourth-order valence-corrected chi connectivity index (χ4v) is 5.67. The minimum Gasteiger partial charge on any atom is -0.485 e. The van der Waals surface area contributed by atoms with Gasteiger partial charge in [0.2, 0.25) is 0 Å². The first-order valence-corrected chi connectivity index (χ1v) is 13.7. The van der Waals surface area contributed by atoms with E-state index in [-0.39, 0.29) is 35.1 Å². The van der Waals surface area contributed by atoms with Gasteiger partial charge < -0.3 is 9.30 Å². The fourth-order valence-electron chi connectivity index (χ4n) is 5.44. The third kappa shape index (κ3) is 5.03.